The molecule has 5 heteroatoms. The zero-order chi connectivity index (χ0) is 14.5. The SMILES string of the molecule is COc1cc(CN(C)Cc2csc(Br)c2)ccc1CN. The number of methoxy groups -OCH3 is 1. The first-order valence-corrected chi connectivity index (χ1v) is 8.07. The van der Waals surface area contributed by atoms with Crippen LogP contribution >= 0.6 is 27.3 Å². The van der Waals surface area contributed by atoms with Gasteiger partial charge in [-0.25, -0.2) is 0 Å². The highest BCUT2D eigenvalue weighted by molar-refractivity contribution is 9.11. The third-order valence-corrected chi connectivity index (χ3v) is 4.65. The summed E-state index contributed by atoms with van der Waals surface area (Å²) in [5, 5.41) is 2.18. The summed E-state index contributed by atoms with van der Waals surface area (Å²) in [5.41, 5.74) is 9.29. The first-order valence-electron chi connectivity index (χ1n) is 6.39. The highest BCUT2D eigenvalue weighted by Gasteiger charge is 2.07. The Morgan fingerprint density at radius 1 is 1.25 bits per heavy atom. The minimum atomic E-state index is 0.502. The van der Waals surface area contributed by atoms with Crippen LogP contribution in [0.2, 0.25) is 0 Å². The number of ether oxygens (including phenoxy) is 1. The van der Waals surface area contributed by atoms with Crippen molar-refractivity contribution in [3.8, 4) is 5.75 Å². The summed E-state index contributed by atoms with van der Waals surface area (Å²) in [5.74, 6) is 0.872. The Labute approximate surface area is 132 Å². The van der Waals surface area contributed by atoms with E-state index in [9.17, 15) is 0 Å². The molecule has 0 saturated heterocycles. The maximum absolute atomic E-state index is 5.69. The molecule has 1 heterocycles. The largest absolute Gasteiger partial charge is 0.496 e. The summed E-state index contributed by atoms with van der Waals surface area (Å²) in [6, 6.07) is 8.40. The van der Waals surface area contributed by atoms with Gasteiger partial charge in [-0.3, -0.25) is 4.90 Å². The van der Waals surface area contributed by atoms with Crippen molar-refractivity contribution in [2.45, 2.75) is 19.6 Å². The van der Waals surface area contributed by atoms with E-state index in [2.05, 4.69) is 51.5 Å². The molecule has 0 aliphatic rings. The van der Waals surface area contributed by atoms with E-state index in [4.69, 9.17) is 10.5 Å². The maximum atomic E-state index is 5.69. The first kappa shape index (κ1) is 15.5. The summed E-state index contributed by atoms with van der Waals surface area (Å²) in [4.78, 5) is 2.28. The van der Waals surface area contributed by atoms with Crippen LogP contribution in [-0.2, 0) is 19.6 Å². The molecule has 108 valence electrons. The zero-order valence-electron chi connectivity index (χ0n) is 11.7. The van der Waals surface area contributed by atoms with Crippen molar-refractivity contribution in [1.82, 2.24) is 4.90 Å². The molecule has 0 bridgehead atoms. The van der Waals surface area contributed by atoms with E-state index in [1.165, 1.54) is 14.9 Å². The van der Waals surface area contributed by atoms with Gasteiger partial charge in [0.15, 0.2) is 0 Å². The Bertz CT molecular complexity index is 571. The molecule has 0 amide bonds. The third kappa shape index (κ3) is 4.06. The van der Waals surface area contributed by atoms with Crippen LogP contribution in [0.5, 0.6) is 5.75 Å². The van der Waals surface area contributed by atoms with Crippen LogP contribution in [0, 0.1) is 0 Å². The normalized spacial score (nSPS) is 11.1. The fourth-order valence-electron chi connectivity index (χ4n) is 2.16. The van der Waals surface area contributed by atoms with Gasteiger partial charge in [-0.2, -0.15) is 0 Å². The van der Waals surface area contributed by atoms with Crippen molar-refractivity contribution in [1.29, 1.82) is 0 Å². The van der Waals surface area contributed by atoms with E-state index in [1.807, 2.05) is 6.07 Å². The molecular weight excluding hydrogens is 336 g/mol. The Morgan fingerprint density at radius 3 is 2.60 bits per heavy atom. The lowest BCUT2D eigenvalue weighted by Crippen LogP contribution is -2.17. The second-order valence-electron chi connectivity index (χ2n) is 4.78. The van der Waals surface area contributed by atoms with Crippen LogP contribution in [-0.4, -0.2) is 19.1 Å². The number of thiophene rings is 1. The van der Waals surface area contributed by atoms with E-state index in [0.29, 0.717) is 6.54 Å². The second-order valence-corrected chi connectivity index (χ2v) is 7.07. The number of rotatable bonds is 6. The summed E-state index contributed by atoms with van der Waals surface area (Å²) in [6.07, 6.45) is 0. The molecule has 2 N–H and O–H groups in total. The lowest BCUT2D eigenvalue weighted by molar-refractivity contribution is 0.318. The fraction of sp³-hybridized carbons (Fsp3) is 0.333. The zero-order valence-corrected chi connectivity index (χ0v) is 14.1. The fourth-order valence-corrected chi connectivity index (χ4v) is 3.36. The molecule has 2 aromatic rings. The predicted molar refractivity (Wildman–Crippen MR) is 88.1 cm³/mol. The Hall–Kier alpha value is -0.880. The monoisotopic (exact) mass is 354 g/mol. The van der Waals surface area contributed by atoms with Crippen LogP contribution in [0.25, 0.3) is 0 Å². The molecule has 20 heavy (non-hydrogen) atoms. The van der Waals surface area contributed by atoms with Gasteiger partial charge in [0.1, 0.15) is 5.75 Å². The number of halogens is 1. The van der Waals surface area contributed by atoms with Gasteiger partial charge in [-0.15, -0.1) is 11.3 Å². The van der Waals surface area contributed by atoms with Gasteiger partial charge in [0.2, 0.25) is 0 Å². The van der Waals surface area contributed by atoms with Crippen LogP contribution in [0.15, 0.2) is 33.4 Å². The van der Waals surface area contributed by atoms with Gasteiger partial charge in [0.25, 0.3) is 0 Å². The third-order valence-electron chi connectivity index (χ3n) is 3.10. The molecular formula is C15H19BrN2OS. The van der Waals surface area contributed by atoms with Gasteiger partial charge < -0.3 is 10.5 Å². The Balaban J connectivity index is 2.02. The van der Waals surface area contributed by atoms with Crippen LogP contribution in [0.3, 0.4) is 0 Å². The summed E-state index contributed by atoms with van der Waals surface area (Å²) in [7, 11) is 3.81. The first-order chi connectivity index (χ1) is 9.62. The minimum absolute atomic E-state index is 0.502. The molecule has 0 aliphatic heterocycles. The van der Waals surface area contributed by atoms with E-state index in [1.54, 1.807) is 18.4 Å². The molecule has 1 aromatic heterocycles. The van der Waals surface area contributed by atoms with E-state index in [0.717, 1.165) is 24.4 Å². The topological polar surface area (TPSA) is 38.5 Å². The molecule has 2 rings (SSSR count). The molecule has 3 nitrogen and oxygen atoms in total. The molecule has 0 fully saturated rings. The maximum Gasteiger partial charge on any atom is 0.123 e. The quantitative estimate of drug-likeness (QED) is 0.860. The van der Waals surface area contributed by atoms with Gasteiger partial charge in [0.05, 0.1) is 10.9 Å². The summed E-state index contributed by atoms with van der Waals surface area (Å²) < 4.78 is 6.55. The molecule has 1 aromatic carbocycles. The number of nitrogens with two attached hydrogens (primary N) is 1. The van der Waals surface area contributed by atoms with Crippen molar-refractivity contribution in [3.05, 3.63) is 50.1 Å². The van der Waals surface area contributed by atoms with Crippen LogP contribution < -0.4 is 10.5 Å². The minimum Gasteiger partial charge on any atom is -0.496 e. The Kier molecular flexibility index (Phi) is 5.60. The molecule has 0 aliphatic carbocycles. The van der Waals surface area contributed by atoms with E-state index >= 15 is 0 Å². The molecule has 0 atom stereocenters. The highest BCUT2D eigenvalue weighted by atomic mass is 79.9. The molecule has 0 radical (unpaired) electrons. The van der Waals surface area contributed by atoms with E-state index < -0.39 is 0 Å². The number of hydrogen-bond donors (Lipinski definition) is 1. The molecule has 0 saturated carbocycles. The van der Waals surface area contributed by atoms with Crippen LogP contribution in [0.1, 0.15) is 16.7 Å². The van der Waals surface area contributed by atoms with Crippen molar-refractivity contribution in [2.24, 2.45) is 5.73 Å². The molecule has 0 unspecified atom stereocenters. The average molecular weight is 355 g/mol. The number of benzene rings is 1. The number of hydrogen-bond acceptors (Lipinski definition) is 4. The van der Waals surface area contributed by atoms with Gasteiger partial charge in [-0.1, -0.05) is 12.1 Å². The van der Waals surface area contributed by atoms with E-state index in [-0.39, 0.29) is 0 Å². The van der Waals surface area contributed by atoms with Crippen molar-refractivity contribution in [2.75, 3.05) is 14.2 Å². The van der Waals surface area contributed by atoms with Gasteiger partial charge >= 0.3 is 0 Å². The van der Waals surface area contributed by atoms with Gasteiger partial charge in [-0.05, 0) is 51.6 Å². The average Bonchev–Trinajstić information content (AvgIpc) is 2.83. The smallest absolute Gasteiger partial charge is 0.123 e. The van der Waals surface area contributed by atoms with Crippen molar-refractivity contribution in [3.63, 3.8) is 0 Å². The summed E-state index contributed by atoms with van der Waals surface area (Å²) >= 11 is 5.22. The lowest BCUT2D eigenvalue weighted by atomic mass is 10.1. The van der Waals surface area contributed by atoms with Crippen molar-refractivity contribution >= 4 is 27.3 Å². The summed E-state index contributed by atoms with van der Waals surface area (Å²) in [6.45, 7) is 2.32. The van der Waals surface area contributed by atoms with Gasteiger partial charge in [0, 0.05) is 25.2 Å². The highest BCUT2D eigenvalue weighted by Crippen LogP contribution is 2.23. The standard InChI is InChI=1S/C15H19BrN2OS/c1-18(9-12-6-15(16)20-10-12)8-11-3-4-13(7-17)14(5-11)19-2/h3-6,10H,7-9,17H2,1-2H3. The molecule has 0 spiro atoms. The lowest BCUT2D eigenvalue weighted by Gasteiger charge is -2.17. The Morgan fingerprint density at radius 2 is 2.00 bits per heavy atom. The number of nitrogens with zero attached hydrogens (tertiary/aromatic N) is 1. The second kappa shape index (κ2) is 7.22. The predicted octanol–water partition coefficient (Wildman–Crippen LogP) is 3.61. The van der Waals surface area contributed by atoms with Crippen molar-refractivity contribution < 1.29 is 4.74 Å². The van der Waals surface area contributed by atoms with Crippen LogP contribution in [0.4, 0.5) is 0 Å².